The van der Waals surface area contributed by atoms with E-state index >= 15 is 0 Å². The zero-order valence-corrected chi connectivity index (χ0v) is 15.3. The zero-order valence-electron chi connectivity index (χ0n) is 15.3. The molecule has 23 heavy (non-hydrogen) atoms. The predicted molar refractivity (Wildman–Crippen MR) is 93.1 cm³/mol. The topological polar surface area (TPSA) is 38.7 Å². The molecule has 1 atom stereocenters. The molecular weight excluding hydrogens is 288 g/mol. The lowest BCUT2D eigenvalue weighted by Crippen LogP contribution is -2.34. The first-order chi connectivity index (χ1) is 10.7. The fourth-order valence-corrected chi connectivity index (χ4v) is 3.54. The van der Waals surface area contributed by atoms with Gasteiger partial charge in [0, 0.05) is 26.2 Å². The first-order valence-corrected chi connectivity index (χ1v) is 8.37. The Morgan fingerprint density at radius 2 is 1.74 bits per heavy atom. The van der Waals surface area contributed by atoms with E-state index in [4.69, 9.17) is 9.47 Å². The second-order valence-electron chi connectivity index (χ2n) is 7.40. The molecule has 0 heterocycles. The van der Waals surface area contributed by atoms with Crippen LogP contribution in [-0.4, -0.2) is 19.3 Å². The highest BCUT2D eigenvalue weighted by Gasteiger charge is 2.41. The van der Waals surface area contributed by atoms with Crippen LogP contribution in [0.25, 0.3) is 0 Å². The van der Waals surface area contributed by atoms with Crippen molar-refractivity contribution in [2.24, 2.45) is 5.41 Å². The summed E-state index contributed by atoms with van der Waals surface area (Å²) in [6.07, 6.45) is 4.32. The average molecular weight is 318 g/mol. The van der Waals surface area contributed by atoms with E-state index in [0.717, 1.165) is 17.5 Å². The molecule has 0 amide bonds. The normalized spacial score (nSPS) is 22.3. The molecular formula is C20H30O3. The van der Waals surface area contributed by atoms with E-state index in [-0.39, 0.29) is 5.41 Å². The van der Waals surface area contributed by atoms with Crippen molar-refractivity contribution in [1.29, 1.82) is 0 Å². The molecule has 2 rings (SSSR count). The average Bonchev–Trinajstić information content (AvgIpc) is 2.94. The van der Waals surface area contributed by atoms with Gasteiger partial charge < -0.3 is 14.6 Å². The molecule has 0 saturated heterocycles. The van der Waals surface area contributed by atoms with Crippen molar-refractivity contribution < 1.29 is 14.6 Å². The molecule has 1 aromatic carbocycles. The van der Waals surface area contributed by atoms with Crippen molar-refractivity contribution in [2.75, 3.05) is 14.2 Å². The Morgan fingerprint density at radius 1 is 1.13 bits per heavy atom. The Labute approximate surface area is 140 Å². The van der Waals surface area contributed by atoms with Crippen molar-refractivity contribution in [3.05, 3.63) is 47.0 Å². The number of hydrogen-bond acceptors (Lipinski definition) is 3. The molecule has 128 valence electrons. The van der Waals surface area contributed by atoms with Gasteiger partial charge in [-0.15, -0.1) is 0 Å². The van der Waals surface area contributed by atoms with E-state index in [1.807, 2.05) is 37.3 Å². The summed E-state index contributed by atoms with van der Waals surface area (Å²) >= 11 is 0. The van der Waals surface area contributed by atoms with E-state index in [1.54, 1.807) is 14.2 Å². The van der Waals surface area contributed by atoms with E-state index < -0.39 is 11.4 Å². The maximum absolute atomic E-state index is 11.3. The molecule has 1 aliphatic carbocycles. The molecule has 0 aliphatic heterocycles. The molecule has 1 aliphatic rings. The highest BCUT2D eigenvalue weighted by atomic mass is 16.7. The standard InChI is InChI=1S/C20H30O3/c1-7-20(22-5,23-6)17-11-9-8-10-16(17)19(21)13-12-15(14-19)18(2,3)4/h8-11,14,21H,7,12-13H2,1-6H3. The van der Waals surface area contributed by atoms with Crippen molar-refractivity contribution in [2.45, 2.75) is 58.3 Å². The van der Waals surface area contributed by atoms with E-state index in [2.05, 4.69) is 20.8 Å². The minimum absolute atomic E-state index is 0.0732. The molecule has 1 N–H and O–H groups in total. The van der Waals surface area contributed by atoms with Crippen LogP contribution < -0.4 is 0 Å². The van der Waals surface area contributed by atoms with Crippen LogP contribution >= 0.6 is 0 Å². The van der Waals surface area contributed by atoms with Gasteiger partial charge in [-0.3, -0.25) is 0 Å². The number of allylic oxidation sites excluding steroid dienone is 1. The predicted octanol–water partition coefficient (Wildman–Crippen LogP) is 4.50. The molecule has 1 unspecified atom stereocenters. The van der Waals surface area contributed by atoms with Gasteiger partial charge in [-0.25, -0.2) is 0 Å². The summed E-state index contributed by atoms with van der Waals surface area (Å²) in [6, 6.07) is 7.91. The summed E-state index contributed by atoms with van der Waals surface area (Å²) in [5, 5.41) is 11.3. The summed E-state index contributed by atoms with van der Waals surface area (Å²) in [6.45, 7) is 8.60. The summed E-state index contributed by atoms with van der Waals surface area (Å²) in [5.41, 5.74) is 2.19. The molecule has 0 saturated carbocycles. The zero-order chi connectivity index (χ0) is 17.3. The van der Waals surface area contributed by atoms with E-state index in [1.165, 1.54) is 5.57 Å². The summed E-state index contributed by atoms with van der Waals surface area (Å²) in [4.78, 5) is 0. The molecule has 3 nitrogen and oxygen atoms in total. The molecule has 0 bridgehead atoms. The molecule has 3 heteroatoms. The second kappa shape index (κ2) is 6.39. The molecule has 0 fully saturated rings. The Hall–Kier alpha value is -1.16. The van der Waals surface area contributed by atoms with Gasteiger partial charge in [-0.2, -0.15) is 0 Å². The number of aliphatic hydroxyl groups is 1. The van der Waals surface area contributed by atoms with E-state index in [9.17, 15) is 5.11 Å². The highest BCUT2D eigenvalue weighted by molar-refractivity contribution is 5.42. The van der Waals surface area contributed by atoms with Crippen LogP contribution in [-0.2, 0) is 20.9 Å². The quantitative estimate of drug-likeness (QED) is 0.642. The molecule has 1 aromatic rings. The smallest absolute Gasteiger partial charge is 0.194 e. The lowest BCUT2D eigenvalue weighted by Gasteiger charge is -2.35. The number of rotatable bonds is 5. The highest BCUT2D eigenvalue weighted by Crippen LogP contribution is 2.46. The Bertz CT molecular complexity index is 571. The molecule has 0 radical (unpaired) electrons. The van der Waals surface area contributed by atoms with Gasteiger partial charge in [0.25, 0.3) is 0 Å². The van der Waals surface area contributed by atoms with Gasteiger partial charge in [0.1, 0.15) is 5.60 Å². The summed E-state index contributed by atoms with van der Waals surface area (Å²) < 4.78 is 11.4. The van der Waals surface area contributed by atoms with Crippen molar-refractivity contribution in [3.8, 4) is 0 Å². The van der Waals surface area contributed by atoms with Crippen molar-refractivity contribution in [1.82, 2.24) is 0 Å². The fourth-order valence-electron chi connectivity index (χ4n) is 3.54. The van der Waals surface area contributed by atoms with Crippen LogP contribution in [0.3, 0.4) is 0 Å². The SMILES string of the molecule is CCC(OC)(OC)c1ccccc1C1(O)C=C(C(C)(C)C)CC1. The molecule has 0 spiro atoms. The third kappa shape index (κ3) is 3.23. The Morgan fingerprint density at radius 3 is 2.22 bits per heavy atom. The van der Waals surface area contributed by atoms with E-state index in [0.29, 0.717) is 12.8 Å². The fraction of sp³-hybridized carbons (Fsp3) is 0.600. The minimum Gasteiger partial charge on any atom is -0.381 e. The third-order valence-corrected chi connectivity index (χ3v) is 5.08. The maximum Gasteiger partial charge on any atom is 0.194 e. The number of methoxy groups -OCH3 is 2. The first kappa shape index (κ1) is 18.2. The van der Waals surface area contributed by atoms with Gasteiger partial charge in [-0.1, -0.05) is 57.5 Å². The van der Waals surface area contributed by atoms with Gasteiger partial charge in [-0.05, 0) is 29.9 Å². The second-order valence-corrected chi connectivity index (χ2v) is 7.40. The maximum atomic E-state index is 11.3. The van der Waals surface area contributed by atoms with Crippen LogP contribution in [0.15, 0.2) is 35.9 Å². The monoisotopic (exact) mass is 318 g/mol. The lowest BCUT2D eigenvalue weighted by atomic mass is 9.84. The summed E-state index contributed by atoms with van der Waals surface area (Å²) in [7, 11) is 3.30. The van der Waals surface area contributed by atoms with Crippen LogP contribution in [0.4, 0.5) is 0 Å². The first-order valence-electron chi connectivity index (χ1n) is 8.37. The van der Waals surface area contributed by atoms with Crippen LogP contribution in [0, 0.1) is 5.41 Å². The van der Waals surface area contributed by atoms with Gasteiger partial charge in [0.15, 0.2) is 5.79 Å². The van der Waals surface area contributed by atoms with Crippen LogP contribution in [0.5, 0.6) is 0 Å². The van der Waals surface area contributed by atoms with Crippen molar-refractivity contribution in [3.63, 3.8) is 0 Å². The van der Waals surface area contributed by atoms with Gasteiger partial charge in [0.05, 0.1) is 0 Å². The van der Waals surface area contributed by atoms with Crippen LogP contribution in [0.1, 0.15) is 58.1 Å². The number of ether oxygens (including phenoxy) is 2. The minimum atomic E-state index is -0.962. The van der Waals surface area contributed by atoms with Gasteiger partial charge in [0.2, 0.25) is 0 Å². The Kier molecular flexibility index (Phi) is 5.05. The number of benzene rings is 1. The Balaban J connectivity index is 2.56. The number of hydrogen-bond donors (Lipinski definition) is 1. The van der Waals surface area contributed by atoms with Crippen molar-refractivity contribution >= 4 is 0 Å². The molecule has 0 aromatic heterocycles. The lowest BCUT2D eigenvalue weighted by molar-refractivity contribution is -0.218. The van der Waals surface area contributed by atoms with Gasteiger partial charge >= 0.3 is 0 Å². The third-order valence-electron chi connectivity index (χ3n) is 5.08. The van der Waals surface area contributed by atoms with Crippen LogP contribution in [0.2, 0.25) is 0 Å². The summed E-state index contributed by atoms with van der Waals surface area (Å²) in [5.74, 6) is -0.829. The largest absolute Gasteiger partial charge is 0.381 e.